The molecule has 0 amide bonds. The molecule has 0 bridgehead atoms. The molecule has 0 aliphatic rings. The Labute approximate surface area is 76.9 Å². The van der Waals surface area contributed by atoms with Crippen LogP contribution in [0.4, 0.5) is 0 Å². The van der Waals surface area contributed by atoms with Gasteiger partial charge in [0, 0.05) is 0 Å². The molecular formula is C6H7AsO6. The molecule has 7 heteroatoms. The van der Waals surface area contributed by atoms with Gasteiger partial charge in [-0.05, 0) is 0 Å². The summed E-state index contributed by atoms with van der Waals surface area (Å²) in [6.45, 7) is 0. The topological polar surface area (TPSA) is 85.2 Å². The van der Waals surface area contributed by atoms with E-state index >= 15 is 0 Å². The van der Waals surface area contributed by atoms with E-state index in [0.717, 1.165) is 0 Å². The zero-order chi connectivity index (χ0) is 9.73. The molecule has 0 aliphatic heterocycles. The monoisotopic (exact) mass is 250 g/mol. The van der Waals surface area contributed by atoms with Gasteiger partial charge in [-0.25, -0.2) is 0 Å². The summed E-state index contributed by atoms with van der Waals surface area (Å²) >= 11 is -4.92. The Bertz CT molecular complexity index is 291. The van der Waals surface area contributed by atoms with Crippen molar-refractivity contribution >= 4 is 14.5 Å². The van der Waals surface area contributed by atoms with Gasteiger partial charge in [0.15, 0.2) is 0 Å². The maximum atomic E-state index is 11.0. The summed E-state index contributed by atoms with van der Waals surface area (Å²) < 4.78 is 22.4. The van der Waals surface area contributed by atoms with Gasteiger partial charge in [-0.2, -0.15) is 0 Å². The zero-order valence-electron chi connectivity index (χ0n) is 6.36. The zero-order valence-corrected chi connectivity index (χ0v) is 8.24. The molecule has 0 spiro atoms. The van der Waals surface area contributed by atoms with Crippen molar-refractivity contribution in [1.29, 1.82) is 0 Å². The molecule has 2 N–H and O–H groups in total. The molecule has 6 nitrogen and oxygen atoms in total. The predicted molar refractivity (Wildman–Crippen MR) is 40.9 cm³/mol. The molecule has 0 atom stereocenters. The molecule has 1 aromatic rings. The van der Waals surface area contributed by atoms with Crippen LogP contribution < -0.4 is 3.73 Å². The summed E-state index contributed by atoms with van der Waals surface area (Å²) in [5.74, 6) is 0.160. The van der Waals surface area contributed by atoms with E-state index in [2.05, 4.69) is 11.5 Å². The van der Waals surface area contributed by atoms with Crippen LogP contribution in [0.15, 0.2) is 30.3 Å². The van der Waals surface area contributed by atoms with Crippen molar-refractivity contribution in [2.45, 2.75) is 0 Å². The van der Waals surface area contributed by atoms with Gasteiger partial charge < -0.3 is 0 Å². The Morgan fingerprint density at radius 1 is 1.08 bits per heavy atom. The number of hydrogen-bond acceptors (Lipinski definition) is 6. The molecule has 0 saturated heterocycles. The van der Waals surface area contributed by atoms with E-state index in [1.54, 1.807) is 18.2 Å². The molecule has 1 aromatic carbocycles. The molecule has 0 heterocycles. The van der Waals surface area contributed by atoms with E-state index in [1.807, 2.05) is 0 Å². The number of benzene rings is 1. The molecule has 0 fully saturated rings. The molecule has 0 saturated carbocycles. The second-order valence-electron chi connectivity index (χ2n) is 2.01. The Morgan fingerprint density at radius 3 is 2.08 bits per heavy atom. The van der Waals surface area contributed by atoms with Gasteiger partial charge in [-0.15, -0.1) is 0 Å². The molecule has 0 aliphatic carbocycles. The van der Waals surface area contributed by atoms with Crippen LogP contribution in [0.3, 0.4) is 0 Å². The first-order chi connectivity index (χ1) is 6.20. The predicted octanol–water partition coefficient (Wildman–Crippen LogP) is 0.911. The Balaban J connectivity index is 2.74. The molecular weight excluding hydrogens is 243 g/mol. The van der Waals surface area contributed by atoms with Crippen LogP contribution in [0.5, 0.6) is 5.75 Å². The van der Waals surface area contributed by atoms with Crippen molar-refractivity contribution < 1.29 is 25.7 Å². The van der Waals surface area contributed by atoms with Crippen LogP contribution in [0, 0.1) is 0 Å². The third kappa shape index (κ3) is 2.87. The second-order valence-corrected chi connectivity index (χ2v) is 4.96. The van der Waals surface area contributed by atoms with Crippen molar-refractivity contribution in [2.75, 3.05) is 0 Å². The van der Waals surface area contributed by atoms with Gasteiger partial charge in [0.25, 0.3) is 0 Å². The first kappa shape index (κ1) is 10.3. The fourth-order valence-corrected chi connectivity index (χ4v) is 1.66. The average Bonchev–Trinajstić information content (AvgIpc) is 2.19. The summed E-state index contributed by atoms with van der Waals surface area (Å²) in [4.78, 5) is 0. The van der Waals surface area contributed by atoms with Crippen molar-refractivity contribution in [3.05, 3.63) is 30.3 Å². The Hall–Kier alpha value is -0.782. The van der Waals surface area contributed by atoms with E-state index < -0.39 is 14.5 Å². The summed E-state index contributed by atoms with van der Waals surface area (Å²) in [5, 5.41) is 16.2. The average molecular weight is 250 g/mol. The van der Waals surface area contributed by atoms with Crippen LogP contribution in [0.2, 0.25) is 0 Å². The van der Waals surface area contributed by atoms with Gasteiger partial charge >= 0.3 is 76.3 Å². The van der Waals surface area contributed by atoms with E-state index in [-0.39, 0.29) is 5.75 Å². The van der Waals surface area contributed by atoms with Crippen LogP contribution >= 0.6 is 0 Å². The third-order valence-corrected chi connectivity index (χ3v) is 2.91. The molecule has 0 radical (unpaired) electrons. The summed E-state index contributed by atoms with van der Waals surface area (Å²) in [6.07, 6.45) is 0. The van der Waals surface area contributed by atoms with E-state index in [4.69, 9.17) is 10.5 Å². The quantitative estimate of drug-likeness (QED) is 0.469. The normalized spacial score (nSPS) is 11.2. The number of rotatable bonds is 4. The third-order valence-electron chi connectivity index (χ3n) is 1.16. The van der Waals surface area contributed by atoms with Crippen LogP contribution in [0.25, 0.3) is 0 Å². The fraction of sp³-hybridized carbons (Fsp3) is 0. The van der Waals surface area contributed by atoms with E-state index in [1.165, 1.54) is 12.1 Å². The standard InChI is InChI=1S/C6H7AsO6/c8-7(12-9,13-10)11-6-4-2-1-3-5-6/h1-5,9-10H. The van der Waals surface area contributed by atoms with Gasteiger partial charge in [-0.3, -0.25) is 0 Å². The molecule has 72 valence electrons. The van der Waals surface area contributed by atoms with Crippen LogP contribution in [-0.2, 0) is 11.5 Å². The molecule has 0 unspecified atom stereocenters. The van der Waals surface area contributed by atoms with Gasteiger partial charge in [-0.1, -0.05) is 0 Å². The van der Waals surface area contributed by atoms with Gasteiger partial charge in [0.2, 0.25) is 0 Å². The van der Waals surface area contributed by atoms with Crippen molar-refractivity contribution in [2.24, 2.45) is 0 Å². The summed E-state index contributed by atoms with van der Waals surface area (Å²) in [7, 11) is 0. The summed E-state index contributed by atoms with van der Waals surface area (Å²) in [5.41, 5.74) is 0. The number of para-hydroxylation sites is 1. The minimum atomic E-state index is -4.92. The Kier molecular flexibility index (Phi) is 3.53. The molecule has 13 heavy (non-hydrogen) atoms. The van der Waals surface area contributed by atoms with Crippen LogP contribution in [-0.4, -0.2) is 25.0 Å². The SMILES string of the molecule is O=[As](OO)(OO)Oc1ccccc1. The second kappa shape index (κ2) is 4.45. The molecule has 1 rings (SSSR count). The summed E-state index contributed by atoms with van der Waals surface area (Å²) in [6, 6.07) is 7.87. The van der Waals surface area contributed by atoms with E-state index in [9.17, 15) is 3.74 Å². The maximum absolute atomic E-state index is 11.0. The number of hydrogen-bond donors (Lipinski definition) is 2. The van der Waals surface area contributed by atoms with Crippen molar-refractivity contribution in [3.63, 3.8) is 0 Å². The first-order valence-electron chi connectivity index (χ1n) is 3.21. The van der Waals surface area contributed by atoms with Gasteiger partial charge in [0.1, 0.15) is 0 Å². The van der Waals surface area contributed by atoms with Crippen LogP contribution in [0.1, 0.15) is 0 Å². The van der Waals surface area contributed by atoms with E-state index in [0.29, 0.717) is 0 Å². The minimum absolute atomic E-state index is 0.160. The molecule has 0 aromatic heterocycles. The Morgan fingerprint density at radius 2 is 1.62 bits per heavy atom. The van der Waals surface area contributed by atoms with Gasteiger partial charge in [0.05, 0.1) is 0 Å². The van der Waals surface area contributed by atoms with Crippen molar-refractivity contribution in [1.82, 2.24) is 0 Å². The fourth-order valence-electron chi connectivity index (χ4n) is 0.659. The first-order valence-corrected chi connectivity index (χ1v) is 6.27. The van der Waals surface area contributed by atoms with Crippen molar-refractivity contribution in [3.8, 4) is 5.75 Å².